The van der Waals surface area contributed by atoms with E-state index in [9.17, 15) is 5.11 Å². The summed E-state index contributed by atoms with van der Waals surface area (Å²) in [6, 6.07) is 1.63. The van der Waals surface area contributed by atoms with Gasteiger partial charge in [0.15, 0.2) is 5.82 Å². The van der Waals surface area contributed by atoms with Crippen LogP contribution in [0.15, 0.2) is 30.9 Å². The van der Waals surface area contributed by atoms with Gasteiger partial charge in [0.25, 0.3) is 0 Å². The number of anilines is 1. The molecule has 1 aliphatic heterocycles. The molecule has 0 fully saturated rings. The molecule has 5 N–H and O–H groups in total. The van der Waals surface area contributed by atoms with Crippen LogP contribution in [0.3, 0.4) is 0 Å². The molecule has 0 spiro atoms. The number of aliphatic hydroxyl groups is 1. The van der Waals surface area contributed by atoms with E-state index in [-0.39, 0.29) is 16.7 Å². The first kappa shape index (κ1) is 26.5. The minimum absolute atomic E-state index is 0.0272. The molecule has 3 aromatic rings. The fourth-order valence-electron chi connectivity index (χ4n) is 3.85. The molecule has 0 saturated carbocycles. The Balaban J connectivity index is 1.66. The molecule has 4 rings (SSSR count). The Bertz CT molecular complexity index is 1240. The number of nitrogens with one attached hydrogen (secondary N) is 4. The molecule has 12 heteroatoms. The van der Waals surface area contributed by atoms with Crippen molar-refractivity contribution in [3.8, 4) is 11.1 Å². The van der Waals surface area contributed by atoms with Gasteiger partial charge in [-0.05, 0) is 20.8 Å². The second-order valence-electron chi connectivity index (χ2n) is 10.4. The molecule has 3 heterocycles. The molecule has 1 aliphatic rings. The highest BCUT2D eigenvalue weighted by atomic mass is 35.5. The van der Waals surface area contributed by atoms with Crippen LogP contribution in [0.2, 0.25) is 23.2 Å². The summed E-state index contributed by atoms with van der Waals surface area (Å²) in [4.78, 5) is 0. The van der Waals surface area contributed by atoms with E-state index in [1.54, 1.807) is 34.2 Å². The van der Waals surface area contributed by atoms with E-state index in [0.29, 0.717) is 36.4 Å². The summed E-state index contributed by atoms with van der Waals surface area (Å²) in [6.45, 7) is 12.8. The quantitative estimate of drug-likeness (QED) is 0.189. The Morgan fingerprint density at radius 2 is 2.08 bits per heavy atom. The van der Waals surface area contributed by atoms with Crippen LogP contribution in [0.4, 0.5) is 10.1 Å². The van der Waals surface area contributed by atoms with Gasteiger partial charge in [-0.3, -0.25) is 20.1 Å². The average molecular weight is 536 g/mol. The number of rotatable bonds is 10. The number of nitrogens with zero attached hydrogens (tertiary/aromatic N) is 3. The predicted octanol–water partition coefficient (Wildman–Crippen LogP) is 4.72. The van der Waals surface area contributed by atoms with Crippen LogP contribution in [0, 0.1) is 5.82 Å². The Hall–Kier alpha value is -2.57. The van der Waals surface area contributed by atoms with Crippen molar-refractivity contribution in [3.63, 3.8) is 0 Å². The maximum Gasteiger partial charge on any atom is 0.166 e. The molecule has 1 aromatic carbocycles. The second kappa shape index (κ2) is 10.4. The first-order valence-corrected chi connectivity index (χ1v) is 15.3. The van der Waals surface area contributed by atoms with Gasteiger partial charge in [0, 0.05) is 47.7 Å². The molecule has 0 saturated heterocycles. The number of H-pyrrole nitrogens is 1. The summed E-state index contributed by atoms with van der Waals surface area (Å²) in [5, 5.41) is 22.2. The lowest BCUT2D eigenvalue weighted by Crippen LogP contribution is -2.41. The van der Waals surface area contributed by atoms with Crippen molar-refractivity contribution in [2.24, 2.45) is 0 Å². The summed E-state index contributed by atoms with van der Waals surface area (Å²) in [5.41, 5.74) is 8.68. The molecule has 2 aromatic heterocycles. The standard InChI is InChI=1S/C24H35ClFN7O2Si/c1-24(2,3)36(4,5)35-10-6-7-27-19-11-18(25)22(26)23-21(19)17(16-12-28-29-13-16)14-33(23)20-15-32(8-9-34)31-30-20/h11-15,27,30-31,34H,6-10H2,1-5H3,(H,28,29)/q-1. The lowest BCUT2D eigenvalue weighted by atomic mass is 10.1. The summed E-state index contributed by atoms with van der Waals surface area (Å²) in [6.07, 6.45) is 7.89. The summed E-state index contributed by atoms with van der Waals surface area (Å²) < 4.78 is 23.5. The van der Waals surface area contributed by atoms with Crippen LogP contribution < -0.4 is 16.3 Å². The Labute approximate surface area is 216 Å². The van der Waals surface area contributed by atoms with Gasteiger partial charge in [-0.15, -0.1) is 23.7 Å². The van der Waals surface area contributed by atoms with Crippen molar-refractivity contribution in [1.29, 1.82) is 0 Å². The van der Waals surface area contributed by atoms with Crippen LogP contribution in [0.1, 0.15) is 27.2 Å². The summed E-state index contributed by atoms with van der Waals surface area (Å²) in [5.74, 6) is 0.0783. The van der Waals surface area contributed by atoms with Crippen molar-refractivity contribution >= 4 is 42.3 Å². The number of hydrogen-bond acceptors (Lipinski definition) is 7. The van der Waals surface area contributed by atoms with E-state index in [0.717, 1.165) is 23.2 Å². The van der Waals surface area contributed by atoms with E-state index in [1.807, 2.05) is 6.20 Å². The normalized spacial score (nSPS) is 14.4. The van der Waals surface area contributed by atoms with Crippen LogP contribution in [-0.2, 0) is 4.43 Å². The summed E-state index contributed by atoms with van der Waals surface area (Å²) >= 11 is 6.37. The molecule has 36 heavy (non-hydrogen) atoms. The van der Waals surface area contributed by atoms with Crippen LogP contribution in [0.25, 0.3) is 27.9 Å². The second-order valence-corrected chi connectivity index (χ2v) is 15.6. The van der Waals surface area contributed by atoms with E-state index in [1.165, 1.54) is 0 Å². The van der Waals surface area contributed by atoms with Gasteiger partial charge in [0.1, 0.15) is 5.82 Å². The number of benzene rings is 1. The minimum atomic E-state index is -1.81. The number of aliphatic hydroxyl groups excluding tert-OH is 1. The smallest absolute Gasteiger partial charge is 0.166 e. The van der Waals surface area contributed by atoms with E-state index >= 15 is 4.39 Å². The first-order chi connectivity index (χ1) is 17.0. The molecule has 0 atom stereocenters. The zero-order valence-electron chi connectivity index (χ0n) is 21.4. The fraction of sp³-hybridized carbons (Fsp3) is 0.458. The number of aromatic nitrogens is 3. The zero-order valence-corrected chi connectivity index (χ0v) is 23.1. The topological polar surface area (TPSA) is 102 Å². The highest BCUT2D eigenvalue weighted by Gasteiger charge is 2.25. The van der Waals surface area contributed by atoms with Gasteiger partial charge in [-0.25, -0.2) is 4.39 Å². The van der Waals surface area contributed by atoms with Gasteiger partial charge in [-0.2, -0.15) is 5.10 Å². The van der Waals surface area contributed by atoms with Crippen LogP contribution >= 0.6 is 11.6 Å². The number of halogens is 2. The van der Waals surface area contributed by atoms with Gasteiger partial charge in [0.05, 0.1) is 36.1 Å². The third kappa shape index (κ3) is 5.25. The maximum atomic E-state index is 15.5. The predicted molar refractivity (Wildman–Crippen MR) is 145 cm³/mol. The number of fused-ring (bicyclic) bond motifs is 1. The van der Waals surface area contributed by atoms with Crippen molar-refractivity contribution in [2.75, 3.05) is 31.6 Å². The first-order valence-electron chi connectivity index (χ1n) is 12.0. The Morgan fingerprint density at radius 1 is 1.31 bits per heavy atom. The van der Waals surface area contributed by atoms with Crippen molar-refractivity contribution in [2.45, 2.75) is 45.3 Å². The van der Waals surface area contributed by atoms with E-state index in [4.69, 9.17) is 16.0 Å². The largest absolute Gasteiger partial charge is 0.564 e. The maximum absolute atomic E-state index is 15.5. The molecule has 0 bridgehead atoms. The van der Waals surface area contributed by atoms with Gasteiger partial charge >= 0.3 is 0 Å². The molecule has 0 radical (unpaired) electrons. The SMILES string of the molecule is CC(C)(C)[Si-](C)(C)OCCCNc1cc(Cl)c(F)c2c1c(-c1cn[nH]c1)cn2C1=CN(CCO)NN1. The van der Waals surface area contributed by atoms with Crippen molar-refractivity contribution in [3.05, 3.63) is 41.7 Å². The molecule has 197 valence electrons. The molecular formula is C24H35ClFN7O2Si-. The third-order valence-corrected chi connectivity index (χ3v) is 11.7. The van der Waals surface area contributed by atoms with Gasteiger partial charge in [-0.1, -0.05) is 32.4 Å². The van der Waals surface area contributed by atoms with Gasteiger partial charge in [0.2, 0.25) is 0 Å². The molecular weight excluding hydrogens is 501 g/mol. The Kier molecular flexibility index (Phi) is 7.67. The van der Waals surface area contributed by atoms with Crippen LogP contribution in [0.5, 0.6) is 0 Å². The lowest BCUT2D eigenvalue weighted by Gasteiger charge is -2.48. The van der Waals surface area contributed by atoms with E-state index < -0.39 is 14.1 Å². The van der Waals surface area contributed by atoms with Crippen LogP contribution in [-0.4, -0.2) is 59.5 Å². The highest BCUT2D eigenvalue weighted by Crippen LogP contribution is 2.41. The molecule has 9 nitrogen and oxygen atoms in total. The van der Waals surface area contributed by atoms with Crippen molar-refractivity contribution < 1.29 is 13.9 Å². The molecule has 0 aliphatic carbocycles. The third-order valence-electron chi connectivity index (χ3n) is 6.88. The monoisotopic (exact) mass is 535 g/mol. The fourth-order valence-corrected chi connectivity index (χ4v) is 5.13. The minimum Gasteiger partial charge on any atom is -0.564 e. The number of hydrogen-bond donors (Lipinski definition) is 5. The summed E-state index contributed by atoms with van der Waals surface area (Å²) in [7, 11) is -1.81. The van der Waals surface area contributed by atoms with Gasteiger partial charge < -0.3 is 14.8 Å². The average Bonchev–Trinajstić information content (AvgIpc) is 3.55. The molecule has 0 unspecified atom stereocenters. The Morgan fingerprint density at radius 3 is 2.75 bits per heavy atom. The highest BCUT2D eigenvalue weighted by molar-refractivity contribution is 6.74. The number of β-amino-alcohol motifs (C(OH)–C–C–N with tert-alkyl or cyclic N) is 1. The van der Waals surface area contributed by atoms with Crippen molar-refractivity contribution in [1.82, 2.24) is 30.7 Å². The zero-order chi connectivity index (χ0) is 26.1. The lowest BCUT2D eigenvalue weighted by molar-refractivity contribution is 0.196. The molecule has 0 amide bonds. The number of aromatic amines is 1. The van der Waals surface area contributed by atoms with E-state index in [2.05, 4.69) is 60.3 Å². The number of hydrazine groups is 2.